The van der Waals surface area contributed by atoms with Crippen LogP contribution >= 0.6 is 0 Å². The van der Waals surface area contributed by atoms with Gasteiger partial charge in [-0.25, -0.2) is 4.79 Å². The zero-order valence-electron chi connectivity index (χ0n) is 14.2. The second kappa shape index (κ2) is 8.46. The molecule has 0 aliphatic heterocycles. The van der Waals surface area contributed by atoms with Gasteiger partial charge < -0.3 is 9.84 Å². The van der Waals surface area contributed by atoms with Crippen LogP contribution < -0.4 is 0 Å². The van der Waals surface area contributed by atoms with E-state index >= 15 is 0 Å². The average Bonchev–Trinajstić information content (AvgIpc) is 2.59. The molecule has 0 unspecified atom stereocenters. The van der Waals surface area contributed by atoms with Gasteiger partial charge in [0.2, 0.25) is 0 Å². The van der Waals surface area contributed by atoms with Crippen molar-refractivity contribution in [3.8, 4) is 0 Å². The lowest BCUT2D eigenvalue weighted by Crippen LogP contribution is -2.23. The zero-order chi connectivity index (χ0) is 17.5. The first kappa shape index (κ1) is 18.0. The SMILES string of the molecule is C=C(C(=O)OC(c1ccccc1)c1ccccc1)[C@H](O)CC(C)C. The molecular weight excluding hydrogens is 300 g/mol. The van der Waals surface area contributed by atoms with Gasteiger partial charge in [0.15, 0.2) is 6.10 Å². The zero-order valence-corrected chi connectivity index (χ0v) is 14.2. The first-order valence-corrected chi connectivity index (χ1v) is 8.16. The van der Waals surface area contributed by atoms with Crippen LogP contribution in [0.5, 0.6) is 0 Å². The maximum absolute atomic E-state index is 12.4. The second-order valence-corrected chi connectivity index (χ2v) is 6.28. The van der Waals surface area contributed by atoms with E-state index in [2.05, 4.69) is 6.58 Å². The lowest BCUT2D eigenvalue weighted by atomic mass is 9.99. The van der Waals surface area contributed by atoms with Gasteiger partial charge in [0.1, 0.15) is 0 Å². The fourth-order valence-corrected chi connectivity index (χ4v) is 2.49. The van der Waals surface area contributed by atoms with Crippen LogP contribution in [0.4, 0.5) is 0 Å². The fraction of sp³-hybridized carbons (Fsp3) is 0.286. The summed E-state index contributed by atoms with van der Waals surface area (Å²) in [6, 6.07) is 19.1. The van der Waals surface area contributed by atoms with Gasteiger partial charge >= 0.3 is 5.97 Å². The number of carbonyl (C=O) groups excluding carboxylic acids is 1. The molecule has 2 aromatic rings. The highest BCUT2D eigenvalue weighted by molar-refractivity contribution is 5.89. The Balaban J connectivity index is 2.20. The third-order valence-electron chi connectivity index (χ3n) is 3.79. The van der Waals surface area contributed by atoms with Crippen LogP contribution in [0, 0.1) is 5.92 Å². The molecule has 0 bridgehead atoms. The Morgan fingerprint density at radius 1 is 1.00 bits per heavy atom. The smallest absolute Gasteiger partial charge is 0.337 e. The monoisotopic (exact) mass is 324 g/mol. The number of aliphatic hydroxyl groups excluding tert-OH is 1. The molecule has 0 aliphatic carbocycles. The van der Waals surface area contributed by atoms with E-state index in [0.29, 0.717) is 6.42 Å². The van der Waals surface area contributed by atoms with Gasteiger partial charge in [0.05, 0.1) is 11.7 Å². The molecule has 3 heteroatoms. The summed E-state index contributed by atoms with van der Waals surface area (Å²) in [5.74, 6) is -0.301. The maximum atomic E-state index is 12.4. The van der Waals surface area contributed by atoms with Gasteiger partial charge in [-0.05, 0) is 23.5 Å². The van der Waals surface area contributed by atoms with E-state index in [4.69, 9.17) is 4.74 Å². The topological polar surface area (TPSA) is 46.5 Å². The Kier molecular flexibility index (Phi) is 6.33. The molecule has 0 amide bonds. The van der Waals surface area contributed by atoms with Gasteiger partial charge in [0.25, 0.3) is 0 Å². The van der Waals surface area contributed by atoms with E-state index in [1.54, 1.807) is 0 Å². The molecule has 0 aromatic heterocycles. The molecule has 126 valence electrons. The lowest BCUT2D eigenvalue weighted by molar-refractivity contribution is -0.144. The van der Waals surface area contributed by atoms with E-state index < -0.39 is 18.2 Å². The number of hydrogen-bond donors (Lipinski definition) is 1. The first-order valence-electron chi connectivity index (χ1n) is 8.16. The fourth-order valence-electron chi connectivity index (χ4n) is 2.49. The van der Waals surface area contributed by atoms with Crippen LogP contribution in [0.3, 0.4) is 0 Å². The summed E-state index contributed by atoms with van der Waals surface area (Å²) in [4.78, 5) is 12.4. The summed E-state index contributed by atoms with van der Waals surface area (Å²) in [7, 11) is 0. The Morgan fingerprint density at radius 2 is 1.46 bits per heavy atom. The van der Waals surface area contributed by atoms with Crippen molar-refractivity contribution in [1.29, 1.82) is 0 Å². The Bertz CT molecular complexity index is 622. The van der Waals surface area contributed by atoms with E-state index in [1.807, 2.05) is 74.5 Å². The van der Waals surface area contributed by atoms with Crippen molar-refractivity contribution < 1.29 is 14.6 Å². The molecule has 0 saturated carbocycles. The maximum Gasteiger partial charge on any atom is 0.337 e. The average molecular weight is 324 g/mol. The molecule has 1 atom stereocenters. The minimum Gasteiger partial charge on any atom is -0.449 e. The van der Waals surface area contributed by atoms with Crippen LogP contribution in [-0.4, -0.2) is 17.2 Å². The molecule has 0 saturated heterocycles. The van der Waals surface area contributed by atoms with Crippen molar-refractivity contribution in [2.24, 2.45) is 5.92 Å². The highest BCUT2D eigenvalue weighted by Crippen LogP contribution is 2.27. The summed E-state index contributed by atoms with van der Waals surface area (Å²) in [6.45, 7) is 7.69. The summed E-state index contributed by atoms with van der Waals surface area (Å²) >= 11 is 0. The molecule has 0 aliphatic rings. The predicted octanol–water partition coefficient (Wildman–Crippen LogP) is 4.28. The molecule has 0 fully saturated rings. The molecule has 0 spiro atoms. The molecule has 0 radical (unpaired) electrons. The van der Waals surface area contributed by atoms with Gasteiger partial charge in [-0.15, -0.1) is 0 Å². The Hall–Kier alpha value is -2.39. The number of rotatable bonds is 7. The van der Waals surface area contributed by atoms with Crippen LogP contribution in [0.25, 0.3) is 0 Å². The lowest BCUT2D eigenvalue weighted by Gasteiger charge is -2.21. The van der Waals surface area contributed by atoms with Gasteiger partial charge in [-0.3, -0.25) is 0 Å². The molecule has 2 aromatic carbocycles. The number of benzene rings is 2. The molecule has 0 heterocycles. The summed E-state index contributed by atoms with van der Waals surface area (Å²) in [6.07, 6.45) is -0.928. The number of esters is 1. The predicted molar refractivity (Wildman–Crippen MR) is 95.4 cm³/mol. The van der Waals surface area contributed by atoms with Crippen LogP contribution in [0.2, 0.25) is 0 Å². The third-order valence-corrected chi connectivity index (χ3v) is 3.79. The Morgan fingerprint density at radius 3 is 1.88 bits per heavy atom. The highest BCUT2D eigenvalue weighted by atomic mass is 16.5. The van der Waals surface area contributed by atoms with Crippen LogP contribution in [-0.2, 0) is 9.53 Å². The van der Waals surface area contributed by atoms with E-state index in [0.717, 1.165) is 11.1 Å². The normalized spacial score (nSPS) is 12.2. The molecule has 24 heavy (non-hydrogen) atoms. The van der Waals surface area contributed by atoms with Crippen molar-refractivity contribution in [2.75, 3.05) is 0 Å². The van der Waals surface area contributed by atoms with Crippen molar-refractivity contribution >= 4 is 5.97 Å². The number of hydrogen-bond acceptors (Lipinski definition) is 3. The molecule has 1 N–H and O–H groups in total. The minimum absolute atomic E-state index is 0.0977. The first-order chi connectivity index (χ1) is 11.5. The molecular formula is C21H24O3. The largest absolute Gasteiger partial charge is 0.449 e. The highest BCUT2D eigenvalue weighted by Gasteiger charge is 2.24. The van der Waals surface area contributed by atoms with Crippen LogP contribution in [0.1, 0.15) is 37.5 Å². The summed E-state index contributed by atoms with van der Waals surface area (Å²) < 4.78 is 5.69. The third kappa shape index (κ3) is 4.80. The van der Waals surface area contributed by atoms with E-state index in [-0.39, 0.29) is 11.5 Å². The van der Waals surface area contributed by atoms with Gasteiger partial charge in [0, 0.05) is 0 Å². The van der Waals surface area contributed by atoms with Crippen molar-refractivity contribution in [3.63, 3.8) is 0 Å². The van der Waals surface area contributed by atoms with Crippen molar-refractivity contribution in [2.45, 2.75) is 32.5 Å². The number of aliphatic hydroxyl groups is 1. The standard InChI is InChI=1S/C21H24O3/c1-15(2)14-19(22)16(3)21(23)24-20(17-10-6-4-7-11-17)18-12-8-5-9-13-18/h4-13,15,19-20,22H,3,14H2,1-2H3/t19-/m1/s1. The molecule has 2 rings (SSSR count). The summed E-state index contributed by atoms with van der Waals surface area (Å²) in [5.41, 5.74) is 1.85. The summed E-state index contributed by atoms with van der Waals surface area (Å²) in [5, 5.41) is 10.1. The van der Waals surface area contributed by atoms with E-state index in [9.17, 15) is 9.90 Å². The van der Waals surface area contributed by atoms with Gasteiger partial charge in [-0.2, -0.15) is 0 Å². The van der Waals surface area contributed by atoms with Crippen molar-refractivity contribution in [3.05, 3.63) is 83.9 Å². The number of ether oxygens (including phenoxy) is 1. The number of carbonyl (C=O) groups is 1. The molecule has 3 nitrogen and oxygen atoms in total. The van der Waals surface area contributed by atoms with Crippen molar-refractivity contribution in [1.82, 2.24) is 0 Å². The Labute approximate surface area is 143 Å². The van der Waals surface area contributed by atoms with Crippen LogP contribution in [0.15, 0.2) is 72.8 Å². The quantitative estimate of drug-likeness (QED) is 0.611. The minimum atomic E-state index is -0.885. The second-order valence-electron chi connectivity index (χ2n) is 6.28. The van der Waals surface area contributed by atoms with E-state index in [1.165, 1.54) is 0 Å². The van der Waals surface area contributed by atoms with Gasteiger partial charge in [-0.1, -0.05) is 81.1 Å².